The van der Waals surface area contributed by atoms with Crippen LogP contribution in [-0.4, -0.2) is 37.2 Å². The molecule has 0 aliphatic rings. The molecule has 0 bridgehead atoms. The molecular formula is C12H17N3O4. The fourth-order valence-corrected chi connectivity index (χ4v) is 1.50. The number of nitrogens with one attached hydrogen (secondary N) is 1. The third-order valence-corrected chi connectivity index (χ3v) is 2.56. The van der Waals surface area contributed by atoms with Gasteiger partial charge in [-0.3, -0.25) is 4.79 Å². The molecule has 7 nitrogen and oxygen atoms in total. The molecule has 0 aliphatic heterocycles. The average Bonchev–Trinajstić information content (AvgIpc) is 2.44. The molecule has 19 heavy (non-hydrogen) atoms. The molecule has 1 rings (SSSR count). The molecule has 0 aromatic heterocycles. The fraction of sp³-hybridized carbons (Fsp3) is 0.333. The Hall–Kier alpha value is -2.44. The lowest BCUT2D eigenvalue weighted by Crippen LogP contribution is -2.42. The van der Waals surface area contributed by atoms with Crippen molar-refractivity contribution in [3.8, 4) is 11.5 Å². The number of hydrogen-bond donors (Lipinski definition) is 3. The second kappa shape index (κ2) is 6.48. The minimum absolute atomic E-state index is 0.0952. The van der Waals surface area contributed by atoms with Crippen molar-refractivity contribution in [2.45, 2.75) is 13.0 Å². The van der Waals surface area contributed by atoms with Crippen LogP contribution in [0.3, 0.4) is 0 Å². The van der Waals surface area contributed by atoms with Crippen LogP contribution in [0.2, 0.25) is 0 Å². The van der Waals surface area contributed by atoms with Crippen molar-refractivity contribution in [2.24, 2.45) is 10.9 Å². The van der Waals surface area contributed by atoms with Crippen LogP contribution in [-0.2, 0) is 0 Å². The van der Waals surface area contributed by atoms with E-state index in [9.17, 15) is 4.79 Å². The summed E-state index contributed by atoms with van der Waals surface area (Å²) in [5.41, 5.74) is 5.66. The van der Waals surface area contributed by atoms with Gasteiger partial charge in [-0.2, -0.15) is 0 Å². The van der Waals surface area contributed by atoms with Gasteiger partial charge in [-0.1, -0.05) is 11.2 Å². The Balaban J connectivity index is 3.05. The van der Waals surface area contributed by atoms with Crippen molar-refractivity contribution >= 4 is 11.7 Å². The van der Waals surface area contributed by atoms with E-state index in [4.69, 9.17) is 20.4 Å². The number of carbonyl (C=O) groups excluding carboxylic acids is 1. The zero-order chi connectivity index (χ0) is 14.4. The van der Waals surface area contributed by atoms with Gasteiger partial charge in [0.25, 0.3) is 5.91 Å². The molecule has 104 valence electrons. The van der Waals surface area contributed by atoms with Crippen LogP contribution in [0.5, 0.6) is 11.5 Å². The number of nitrogens with two attached hydrogens (primary N) is 1. The summed E-state index contributed by atoms with van der Waals surface area (Å²) in [5, 5.41) is 14.0. The first-order chi connectivity index (χ1) is 9.04. The summed E-state index contributed by atoms with van der Waals surface area (Å²) in [6.07, 6.45) is 0. The van der Waals surface area contributed by atoms with E-state index >= 15 is 0 Å². The molecule has 4 N–H and O–H groups in total. The SMILES string of the molecule is COc1cccc(OC)c1C(=O)NC(C)/C(N)=N/O. The largest absolute Gasteiger partial charge is 0.496 e. The highest BCUT2D eigenvalue weighted by Gasteiger charge is 2.20. The fourth-order valence-electron chi connectivity index (χ4n) is 1.50. The van der Waals surface area contributed by atoms with Crippen LogP contribution in [0.15, 0.2) is 23.4 Å². The standard InChI is InChI=1S/C12H17N3O4/c1-7(11(13)15-17)14-12(16)10-8(18-2)5-4-6-9(10)19-3/h4-7,17H,1-3H3,(H2,13,15)(H,14,16). The first-order valence-electron chi connectivity index (χ1n) is 5.54. The molecular weight excluding hydrogens is 250 g/mol. The molecule has 0 saturated heterocycles. The molecule has 1 aromatic carbocycles. The minimum Gasteiger partial charge on any atom is -0.496 e. The molecule has 1 unspecified atom stereocenters. The highest BCUT2D eigenvalue weighted by Crippen LogP contribution is 2.27. The molecule has 1 aromatic rings. The number of methoxy groups -OCH3 is 2. The van der Waals surface area contributed by atoms with Gasteiger partial charge in [0.15, 0.2) is 5.84 Å². The van der Waals surface area contributed by atoms with E-state index in [0.717, 1.165) is 0 Å². The molecule has 0 aliphatic carbocycles. The summed E-state index contributed by atoms with van der Waals surface area (Å²) < 4.78 is 10.3. The van der Waals surface area contributed by atoms with Gasteiger partial charge in [0.2, 0.25) is 0 Å². The number of nitrogens with zero attached hydrogens (tertiary/aromatic N) is 1. The first kappa shape index (κ1) is 14.6. The third kappa shape index (κ3) is 3.27. The molecule has 7 heteroatoms. The Morgan fingerprint density at radius 2 is 1.89 bits per heavy atom. The van der Waals surface area contributed by atoms with E-state index in [1.165, 1.54) is 14.2 Å². The van der Waals surface area contributed by atoms with Crippen molar-refractivity contribution < 1.29 is 19.5 Å². The van der Waals surface area contributed by atoms with Gasteiger partial charge in [0, 0.05) is 0 Å². The topological polar surface area (TPSA) is 106 Å². The zero-order valence-electron chi connectivity index (χ0n) is 11.0. The van der Waals surface area contributed by atoms with Crippen LogP contribution in [0.4, 0.5) is 0 Å². The summed E-state index contributed by atoms with van der Waals surface area (Å²) in [5.74, 6) is 0.225. The lowest BCUT2D eigenvalue weighted by molar-refractivity contribution is 0.0942. The third-order valence-electron chi connectivity index (χ3n) is 2.56. The summed E-state index contributed by atoms with van der Waals surface area (Å²) in [7, 11) is 2.91. The van der Waals surface area contributed by atoms with Gasteiger partial charge in [0.1, 0.15) is 17.1 Å². The van der Waals surface area contributed by atoms with Gasteiger partial charge in [0.05, 0.1) is 20.3 Å². The minimum atomic E-state index is -0.618. The van der Waals surface area contributed by atoms with Gasteiger partial charge in [-0.15, -0.1) is 0 Å². The summed E-state index contributed by atoms with van der Waals surface area (Å²) in [4.78, 5) is 12.2. The Bertz CT molecular complexity index is 466. The number of ether oxygens (including phenoxy) is 2. The smallest absolute Gasteiger partial charge is 0.259 e. The second-order valence-electron chi connectivity index (χ2n) is 3.76. The normalized spacial score (nSPS) is 12.7. The van der Waals surface area contributed by atoms with Crippen LogP contribution < -0.4 is 20.5 Å². The highest BCUT2D eigenvalue weighted by molar-refractivity contribution is 6.02. The Morgan fingerprint density at radius 1 is 1.37 bits per heavy atom. The Kier molecular flexibility index (Phi) is 4.99. The van der Waals surface area contributed by atoms with Gasteiger partial charge < -0.3 is 25.7 Å². The Labute approximate surface area is 111 Å². The van der Waals surface area contributed by atoms with Crippen molar-refractivity contribution in [3.05, 3.63) is 23.8 Å². The number of hydrogen-bond acceptors (Lipinski definition) is 5. The van der Waals surface area contributed by atoms with E-state index in [0.29, 0.717) is 11.5 Å². The maximum absolute atomic E-state index is 12.2. The lowest BCUT2D eigenvalue weighted by atomic mass is 10.1. The zero-order valence-corrected chi connectivity index (χ0v) is 11.0. The van der Waals surface area contributed by atoms with Crippen LogP contribution in [0.25, 0.3) is 0 Å². The summed E-state index contributed by atoms with van der Waals surface area (Å²) >= 11 is 0. The molecule has 1 amide bonds. The number of amides is 1. The van der Waals surface area contributed by atoms with Gasteiger partial charge >= 0.3 is 0 Å². The van der Waals surface area contributed by atoms with Crippen LogP contribution in [0.1, 0.15) is 17.3 Å². The first-order valence-corrected chi connectivity index (χ1v) is 5.54. The maximum atomic E-state index is 12.2. The van der Waals surface area contributed by atoms with Gasteiger partial charge in [-0.05, 0) is 19.1 Å². The van der Waals surface area contributed by atoms with Crippen molar-refractivity contribution in [1.82, 2.24) is 5.32 Å². The number of rotatable bonds is 5. The number of carbonyl (C=O) groups is 1. The van der Waals surface area contributed by atoms with E-state index in [-0.39, 0.29) is 11.4 Å². The van der Waals surface area contributed by atoms with E-state index in [1.54, 1.807) is 25.1 Å². The molecule has 0 fully saturated rings. The number of benzene rings is 1. The van der Waals surface area contributed by atoms with E-state index in [2.05, 4.69) is 10.5 Å². The number of oxime groups is 1. The van der Waals surface area contributed by atoms with Crippen LogP contribution in [0, 0.1) is 0 Å². The lowest BCUT2D eigenvalue weighted by Gasteiger charge is -2.16. The van der Waals surface area contributed by atoms with Gasteiger partial charge in [-0.25, -0.2) is 0 Å². The monoisotopic (exact) mass is 267 g/mol. The van der Waals surface area contributed by atoms with Crippen molar-refractivity contribution in [1.29, 1.82) is 0 Å². The van der Waals surface area contributed by atoms with Crippen molar-refractivity contribution in [2.75, 3.05) is 14.2 Å². The molecule has 0 heterocycles. The van der Waals surface area contributed by atoms with E-state index in [1.807, 2.05) is 0 Å². The molecule has 1 atom stereocenters. The summed E-state index contributed by atoms with van der Waals surface area (Å²) in [6.45, 7) is 1.59. The molecule has 0 radical (unpaired) electrons. The highest BCUT2D eigenvalue weighted by atomic mass is 16.5. The summed E-state index contributed by atoms with van der Waals surface area (Å²) in [6, 6.07) is 4.38. The van der Waals surface area contributed by atoms with Crippen LogP contribution >= 0.6 is 0 Å². The van der Waals surface area contributed by atoms with E-state index < -0.39 is 11.9 Å². The van der Waals surface area contributed by atoms with Crippen molar-refractivity contribution in [3.63, 3.8) is 0 Å². The maximum Gasteiger partial charge on any atom is 0.259 e. The predicted octanol–water partition coefficient (Wildman–Crippen LogP) is 0.568. The average molecular weight is 267 g/mol. The molecule has 0 spiro atoms. The second-order valence-corrected chi connectivity index (χ2v) is 3.76. The molecule has 0 saturated carbocycles. The Morgan fingerprint density at radius 3 is 2.32 bits per heavy atom. The predicted molar refractivity (Wildman–Crippen MR) is 69.9 cm³/mol. The quantitative estimate of drug-likeness (QED) is 0.313. The number of amidine groups is 1.